The van der Waals surface area contributed by atoms with E-state index >= 15 is 0 Å². The normalized spacial score (nSPS) is 39.3. The maximum absolute atomic E-state index is 14.0. The molecule has 2 aliphatic carbocycles. The number of hydrogen-bond donors (Lipinski definition) is 1. The van der Waals surface area contributed by atoms with Crippen LogP contribution in [0.3, 0.4) is 0 Å². The largest absolute Gasteiger partial charge is 0.472 e. The summed E-state index contributed by atoms with van der Waals surface area (Å²) in [5, 5.41) is 12.3. The Hall–Kier alpha value is -2.72. The molecule has 0 amide bonds. The van der Waals surface area contributed by atoms with E-state index in [0.29, 0.717) is 12.8 Å². The summed E-state index contributed by atoms with van der Waals surface area (Å²) in [5.74, 6) is -3.01. The van der Waals surface area contributed by atoms with Crippen molar-refractivity contribution in [2.45, 2.75) is 83.7 Å². The number of furan rings is 1. The van der Waals surface area contributed by atoms with E-state index in [0.717, 1.165) is 5.56 Å². The van der Waals surface area contributed by atoms with Gasteiger partial charge in [0.1, 0.15) is 23.7 Å². The van der Waals surface area contributed by atoms with Gasteiger partial charge in [-0.1, -0.05) is 13.8 Å². The van der Waals surface area contributed by atoms with Gasteiger partial charge in [0, 0.05) is 32.1 Å². The summed E-state index contributed by atoms with van der Waals surface area (Å²) in [6, 6.07) is 1.84. The third-order valence-corrected chi connectivity index (χ3v) is 8.94. The van der Waals surface area contributed by atoms with Gasteiger partial charge in [0.25, 0.3) is 0 Å². The van der Waals surface area contributed by atoms with Gasteiger partial charge in [-0.2, -0.15) is 0 Å². The molecule has 1 N–H and O–H groups in total. The number of aryl methyl sites for hydroxylation is 1. The van der Waals surface area contributed by atoms with Crippen molar-refractivity contribution >= 4 is 23.7 Å². The zero-order valence-corrected chi connectivity index (χ0v) is 21.3. The van der Waals surface area contributed by atoms with Crippen LogP contribution in [0.4, 0.5) is 0 Å². The summed E-state index contributed by atoms with van der Waals surface area (Å²) in [7, 11) is 0. The van der Waals surface area contributed by atoms with E-state index in [4.69, 9.17) is 23.4 Å². The molecule has 10 heteroatoms. The van der Waals surface area contributed by atoms with E-state index in [1.54, 1.807) is 19.5 Å². The monoisotopic (exact) mass is 506 g/mol. The number of Topliss-reactive ketones (excluding diaryl/α,β-unsaturated/α-hetero) is 1. The molecule has 1 aliphatic heterocycles. The molecule has 0 aromatic carbocycles. The van der Waals surface area contributed by atoms with Crippen LogP contribution >= 0.6 is 0 Å². The lowest BCUT2D eigenvalue weighted by atomic mass is 9.40. The van der Waals surface area contributed by atoms with E-state index in [1.165, 1.54) is 20.8 Å². The van der Waals surface area contributed by atoms with Crippen LogP contribution in [0.25, 0.3) is 0 Å². The molecule has 198 valence electrons. The number of esters is 3. The van der Waals surface area contributed by atoms with Crippen LogP contribution in [0.1, 0.15) is 59.4 Å². The van der Waals surface area contributed by atoms with Gasteiger partial charge in [-0.3, -0.25) is 19.2 Å². The highest BCUT2D eigenvalue weighted by molar-refractivity contribution is 5.91. The number of ether oxygens (including phenoxy) is 4. The molecule has 2 heterocycles. The van der Waals surface area contributed by atoms with Crippen LogP contribution in [0.5, 0.6) is 0 Å². The van der Waals surface area contributed by atoms with Gasteiger partial charge in [0.15, 0.2) is 11.9 Å². The van der Waals surface area contributed by atoms with E-state index in [-0.39, 0.29) is 19.4 Å². The van der Waals surface area contributed by atoms with Crippen molar-refractivity contribution in [3.05, 3.63) is 24.2 Å². The SMILES string of the molecule is CC(=O)OC[C@@]12[C@@H](OC(C)=O)C(=O)[C@@H](C)[C@](C)(CCc3ccoc3)[C@@]13CC[C@H](OC(C)=O)[C@]2(O)CO3. The fourth-order valence-electron chi connectivity index (χ4n) is 7.09. The average Bonchev–Trinajstić information content (AvgIpc) is 3.38. The minimum absolute atomic E-state index is 0.257. The molecule has 1 aromatic rings. The van der Waals surface area contributed by atoms with Gasteiger partial charge < -0.3 is 28.5 Å². The Morgan fingerprint density at radius 2 is 1.83 bits per heavy atom. The summed E-state index contributed by atoms with van der Waals surface area (Å²) >= 11 is 0. The Kier molecular flexibility index (Phi) is 6.58. The molecule has 7 atom stereocenters. The molecule has 0 spiro atoms. The summed E-state index contributed by atoms with van der Waals surface area (Å²) < 4.78 is 28.4. The Morgan fingerprint density at radius 3 is 2.42 bits per heavy atom. The fraction of sp³-hybridized carbons (Fsp3) is 0.692. The van der Waals surface area contributed by atoms with Gasteiger partial charge in [0.2, 0.25) is 0 Å². The predicted octanol–water partition coefficient (Wildman–Crippen LogP) is 2.14. The zero-order chi connectivity index (χ0) is 26.5. The highest BCUT2D eigenvalue weighted by Crippen LogP contribution is 2.71. The molecule has 2 saturated carbocycles. The lowest BCUT2D eigenvalue weighted by Crippen LogP contribution is -2.81. The highest BCUT2D eigenvalue weighted by Gasteiger charge is 2.86. The summed E-state index contributed by atoms with van der Waals surface area (Å²) in [4.78, 5) is 50.3. The Morgan fingerprint density at radius 1 is 1.14 bits per heavy atom. The molecule has 2 bridgehead atoms. The van der Waals surface area contributed by atoms with Crippen LogP contribution in [0.2, 0.25) is 0 Å². The number of rotatable bonds is 7. The molecule has 0 radical (unpaired) electrons. The van der Waals surface area contributed by atoms with Crippen LogP contribution in [0, 0.1) is 16.7 Å². The first kappa shape index (κ1) is 26.3. The molecule has 1 aromatic heterocycles. The molecule has 3 fully saturated rings. The van der Waals surface area contributed by atoms with E-state index < -0.39 is 70.5 Å². The van der Waals surface area contributed by atoms with Crippen molar-refractivity contribution in [1.82, 2.24) is 0 Å². The summed E-state index contributed by atoms with van der Waals surface area (Å²) in [6.07, 6.45) is 2.25. The maximum atomic E-state index is 14.0. The number of hydrogen-bond acceptors (Lipinski definition) is 10. The third-order valence-electron chi connectivity index (χ3n) is 8.94. The van der Waals surface area contributed by atoms with Gasteiger partial charge in [-0.05, 0) is 37.3 Å². The first-order chi connectivity index (χ1) is 16.8. The number of aliphatic hydroxyl groups is 1. The first-order valence-electron chi connectivity index (χ1n) is 12.2. The van der Waals surface area contributed by atoms with Gasteiger partial charge >= 0.3 is 17.9 Å². The molecule has 4 rings (SSSR count). The van der Waals surface area contributed by atoms with Crippen molar-refractivity contribution in [2.24, 2.45) is 16.7 Å². The van der Waals surface area contributed by atoms with Gasteiger partial charge in [-0.25, -0.2) is 0 Å². The van der Waals surface area contributed by atoms with Crippen molar-refractivity contribution in [3.8, 4) is 0 Å². The Bertz CT molecular complexity index is 1050. The standard InChI is InChI=1S/C26H34O10/c1-15-21(30)22(36-18(4)29)24(13-33-16(2)27)25(31)14-34-26(24,10-7-20(25)35-17(3)28)23(15,5)9-6-19-8-11-32-12-19/h8,11-12,15,20,22,31H,6-7,9-10,13-14H2,1-5H3/t15-,20+,22+,23+,24+,25-,26+/m1/s1. The third kappa shape index (κ3) is 3.52. The molecule has 0 unspecified atom stereocenters. The quantitative estimate of drug-likeness (QED) is 0.432. The second-order valence-corrected chi connectivity index (χ2v) is 10.6. The molecule has 10 nitrogen and oxygen atoms in total. The van der Waals surface area contributed by atoms with E-state index in [2.05, 4.69) is 0 Å². The van der Waals surface area contributed by atoms with Gasteiger partial charge in [-0.15, -0.1) is 0 Å². The van der Waals surface area contributed by atoms with Crippen LogP contribution in [-0.4, -0.2) is 65.4 Å². The summed E-state index contributed by atoms with van der Waals surface area (Å²) in [5.41, 5.74) is -4.84. The minimum atomic E-state index is -1.96. The summed E-state index contributed by atoms with van der Waals surface area (Å²) in [6.45, 7) is 6.59. The Labute approximate surface area is 209 Å². The average molecular weight is 507 g/mol. The van der Waals surface area contributed by atoms with Crippen LogP contribution in [0.15, 0.2) is 23.0 Å². The predicted molar refractivity (Wildman–Crippen MR) is 122 cm³/mol. The molecule has 3 aliphatic rings. The van der Waals surface area contributed by atoms with E-state index in [9.17, 15) is 24.3 Å². The lowest BCUT2D eigenvalue weighted by molar-refractivity contribution is -0.292. The van der Waals surface area contributed by atoms with E-state index in [1.807, 2.05) is 13.0 Å². The zero-order valence-electron chi connectivity index (χ0n) is 21.3. The van der Waals surface area contributed by atoms with Crippen LogP contribution in [-0.2, 0) is 44.5 Å². The van der Waals surface area contributed by atoms with Crippen molar-refractivity contribution < 1.29 is 47.6 Å². The number of carbonyl (C=O) groups is 4. The van der Waals surface area contributed by atoms with Gasteiger partial charge in [0.05, 0.1) is 24.7 Å². The van der Waals surface area contributed by atoms with Crippen molar-refractivity contribution in [2.75, 3.05) is 13.2 Å². The van der Waals surface area contributed by atoms with Crippen molar-refractivity contribution in [1.29, 1.82) is 0 Å². The highest BCUT2D eigenvalue weighted by atomic mass is 16.6. The minimum Gasteiger partial charge on any atom is -0.472 e. The second-order valence-electron chi connectivity index (χ2n) is 10.6. The fourth-order valence-corrected chi connectivity index (χ4v) is 7.09. The molecular weight excluding hydrogens is 472 g/mol. The molecule has 1 saturated heterocycles. The topological polar surface area (TPSA) is 139 Å². The molecule has 36 heavy (non-hydrogen) atoms. The smallest absolute Gasteiger partial charge is 0.303 e. The number of ketones is 1. The number of carbonyl (C=O) groups excluding carboxylic acids is 4. The van der Waals surface area contributed by atoms with Crippen molar-refractivity contribution in [3.63, 3.8) is 0 Å². The lowest BCUT2D eigenvalue weighted by Gasteiger charge is -2.66. The second kappa shape index (κ2) is 8.99. The maximum Gasteiger partial charge on any atom is 0.303 e. The first-order valence-corrected chi connectivity index (χ1v) is 12.2. The van der Waals surface area contributed by atoms with Crippen LogP contribution < -0.4 is 0 Å². The Balaban J connectivity index is 1.94. The molecular formula is C26H34O10.